The predicted octanol–water partition coefficient (Wildman–Crippen LogP) is 2.21. The number of nitrogens with one attached hydrogen (secondary N) is 2. The molecule has 2 aromatic rings. The molecule has 0 saturated heterocycles. The minimum atomic E-state index is -0.0821. The summed E-state index contributed by atoms with van der Waals surface area (Å²) >= 11 is 0. The maximum Gasteiger partial charge on any atom is 0.218 e. The van der Waals surface area contributed by atoms with Crippen molar-refractivity contribution >= 4 is 29.9 Å². The van der Waals surface area contributed by atoms with Gasteiger partial charge < -0.3 is 24.8 Å². The molecule has 0 aliphatic carbocycles. The zero-order chi connectivity index (χ0) is 17.5. The fourth-order valence-electron chi connectivity index (χ4n) is 2.52. The highest BCUT2D eigenvalue weighted by Gasteiger charge is 2.20. The molecule has 1 atom stereocenters. The van der Waals surface area contributed by atoms with Crippen molar-refractivity contribution < 1.29 is 14.2 Å². The van der Waals surface area contributed by atoms with Gasteiger partial charge in [-0.15, -0.1) is 24.0 Å². The number of rotatable bonds is 5. The normalized spacial score (nSPS) is 15.6. The molecule has 2 heterocycles. The Labute approximate surface area is 170 Å². The van der Waals surface area contributed by atoms with Crippen LogP contribution < -0.4 is 24.8 Å². The number of methoxy groups -OCH3 is 1. The smallest absolute Gasteiger partial charge is 0.218 e. The molecule has 0 saturated carbocycles. The Morgan fingerprint density at radius 3 is 2.81 bits per heavy atom. The molecule has 0 amide bonds. The molecule has 0 spiro atoms. The Bertz CT molecular complexity index is 742. The third kappa shape index (κ3) is 5.13. The fourth-order valence-corrected chi connectivity index (χ4v) is 2.52. The van der Waals surface area contributed by atoms with Crippen LogP contribution in [-0.4, -0.2) is 44.4 Å². The second kappa shape index (κ2) is 10.0. The second-order valence-electron chi connectivity index (χ2n) is 5.48. The molecule has 2 N–H and O–H groups in total. The maximum atomic E-state index is 5.93. The monoisotopic (exact) mass is 470 g/mol. The summed E-state index contributed by atoms with van der Waals surface area (Å²) in [6, 6.07) is 11.5. The van der Waals surface area contributed by atoms with Crippen molar-refractivity contribution in [2.75, 3.05) is 27.3 Å². The Kier molecular flexibility index (Phi) is 7.76. The van der Waals surface area contributed by atoms with Crippen LogP contribution in [0.4, 0.5) is 0 Å². The van der Waals surface area contributed by atoms with Gasteiger partial charge in [0.05, 0.1) is 13.7 Å². The highest BCUT2D eigenvalue weighted by atomic mass is 127. The van der Waals surface area contributed by atoms with Crippen LogP contribution in [0.3, 0.4) is 0 Å². The minimum Gasteiger partial charge on any atom is -0.486 e. The molecule has 7 nitrogen and oxygen atoms in total. The van der Waals surface area contributed by atoms with E-state index in [-0.39, 0.29) is 30.1 Å². The van der Waals surface area contributed by atoms with Crippen LogP contribution >= 0.6 is 24.0 Å². The van der Waals surface area contributed by atoms with E-state index in [0.29, 0.717) is 31.5 Å². The Morgan fingerprint density at radius 1 is 1.23 bits per heavy atom. The molecule has 1 unspecified atom stereocenters. The molecule has 26 heavy (non-hydrogen) atoms. The van der Waals surface area contributed by atoms with E-state index in [1.807, 2.05) is 36.4 Å². The molecule has 0 fully saturated rings. The van der Waals surface area contributed by atoms with Gasteiger partial charge in [0.25, 0.3) is 0 Å². The van der Waals surface area contributed by atoms with Gasteiger partial charge in [0, 0.05) is 25.4 Å². The topological polar surface area (TPSA) is 77.0 Å². The Morgan fingerprint density at radius 2 is 2.04 bits per heavy atom. The van der Waals surface area contributed by atoms with Gasteiger partial charge in [0.15, 0.2) is 17.5 Å². The lowest BCUT2D eigenvalue weighted by molar-refractivity contribution is 0.0936. The van der Waals surface area contributed by atoms with Gasteiger partial charge in [-0.2, -0.15) is 0 Å². The first kappa shape index (κ1) is 20.1. The molecule has 8 heteroatoms. The lowest BCUT2D eigenvalue weighted by Gasteiger charge is -2.27. The van der Waals surface area contributed by atoms with Gasteiger partial charge in [0.1, 0.15) is 12.7 Å². The van der Waals surface area contributed by atoms with Crippen molar-refractivity contribution in [3.63, 3.8) is 0 Å². The molecular formula is C18H23IN4O3. The molecule has 3 rings (SSSR count). The van der Waals surface area contributed by atoms with Crippen molar-refractivity contribution in [2.24, 2.45) is 4.99 Å². The zero-order valence-corrected chi connectivity index (χ0v) is 17.1. The van der Waals surface area contributed by atoms with Crippen molar-refractivity contribution in [3.8, 4) is 17.4 Å². The van der Waals surface area contributed by atoms with Crippen LogP contribution in [0.2, 0.25) is 0 Å². The van der Waals surface area contributed by atoms with Gasteiger partial charge in [0.2, 0.25) is 5.88 Å². The van der Waals surface area contributed by atoms with Crippen LogP contribution in [0.25, 0.3) is 0 Å². The van der Waals surface area contributed by atoms with Crippen LogP contribution in [0.5, 0.6) is 17.4 Å². The third-order valence-corrected chi connectivity index (χ3v) is 3.78. The lowest BCUT2D eigenvalue weighted by atomic mass is 10.2. The number of halogens is 1. The fraction of sp³-hybridized carbons (Fsp3) is 0.333. The summed E-state index contributed by atoms with van der Waals surface area (Å²) in [5.74, 6) is 2.83. The van der Waals surface area contributed by atoms with Gasteiger partial charge >= 0.3 is 0 Å². The minimum absolute atomic E-state index is 0. The molecule has 1 aromatic heterocycles. The summed E-state index contributed by atoms with van der Waals surface area (Å²) in [4.78, 5) is 8.41. The first-order valence-corrected chi connectivity index (χ1v) is 8.11. The summed E-state index contributed by atoms with van der Waals surface area (Å²) in [5, 5.41) is 6.49. The quantitative estimate of drug-likeness (QED) is 0.397. The third-order valence-electron chi connectivity index (χ3n) is 3.78. The average Bonchev–Trinajstić information content (AvgIpc) is 2.68. The van der Waals surface area contributed by atoms with E-state index in [2.05, 4.69) is 20.6 Å². The highest BCUT2D eigenvalue weighted by Crippen LogP contribution is 2.30. The molecular weight excluding hydrogens is 447 g/mol. The van der Waals surface area contributed by atoms with Crippen molar-refractivity contribution in [2.45, 2.75) is 12.6 Å². The number of nitrogens with zero attached hydrogens (tertiary/aromatic N) is 2. The molecule has 0 radical (unpaired) electrons. The lowest BCUT2D eigenvalue weighted by Crippen LogP contribution is -2.45. The first-order chi connectivity index (χ1) is 12.3. The predicted molar refractivity (Wildman–Crippen MR) is 111 cm³/mol. The standard InChI is InChI=1S/C18H22N4O3.HI/c1-19-18(21-10-13-6-5-9-20-17(13)23-2)22-11-14-12-24-15-7-3-4-8-16(15)25-14;/h3-9,14H,10-12H2,1-2H3,(H2,19,21,22);1H. The van der Waals surface area contributed by atoms with E-state index in [0.717, 1.165) is 17.1 Å². The van der Waals surface area contributed by atoms with Crippen molar-refractivity contribution in [1.29, 1.82) is 0 Å². The van der Waals surface area contributed by atoms with Gasteiger partial charge in [-0.25, -0.2) is 4.98 Å². The van der Waals surface area contributed by atoms with Gasteiger partial charge in [-0.05, 0) is 18.2 Å². The van der Waals surface area contributed by atoms with Crippen LogP contribution in [-0.2, 0) is 6.54 Å². The summed E-state index contributed by atoms with van der Waals surface area (Å²) in [6.45, 7) is 1.64. The van der Waals surface area contributed by atoms with Crippen molar-refractivity contribution in [3.05, 3.63) is 48.2 Å². The largest absolute Gasteiger partial charge is 0.486 e. The molecule has 0 bridgehead atoms. The summed E-state index contributed by atoms with van der Waals surface area (Å²) in [5.41, 5.74) is 0.958. The molecule has 1 aliphatic heterocycles. The average molecular weight is 470 g/mol. The molecule has 140 valence electrons. The van der Waals surface area contributed by atoms with Crippen LogP contribution in [0.15, 0.2) is 47.6 Å². The number of fused-ring (bicyclic) bond motifs is 1. The van der Waals surface area contributed by atoms with Gasteiger partial charge in [-0.1, -0.05) is 18.2 Å². The summed E-state index contributed by atoms with van der Waals surface area (Å²) in [7, 11) is 3.33. The maximum absolute atomic E-state index is 5.93. The summed E-state index contributed by atoms with van der Waals surface area (Å²) in [6.07, 6.45) is 1.62. The number of guanidine groups is 1. The Balaban J connectivity index is 0.00000243. The first-order valence-electron chi connectivity index (χ1n) is 8.11. The SMILES string of the molecule is CN=C(NCc1cccnc1OC)NCC1COc2ccccc2O1.I. The summed E-state index contributed by atoms with van der Waals surface area (Å²) < 4.78 is 16.9. The van der Waals surface area contributed by atoms with Crippen LogP contribution in [0, 0.1) is 0 Å². The highest BCUT2D eigenvalue weighted by molar-refractivity contribution is 14.0. The van der Waals surface area contributed by atoms with E-state index >= 15 is 0 Å². The Hall–Kier alpha value is -2.23. The van der Waals surface area contributed by atoms with Gasteiger partial charge in [-0.3, -0.25) is 4.99 Å². The number of hydrogen-bond acceptors (Lipinski definition) is 5. The molecule has 1 aromatic carbocycles. The number of hydrogen-bond donors (Lipinski definition) is 2. The number of pyridine rings is 1. The second-order valence-corrected chi connectivity index (χ2v) is 5.48. The molecule has 1 aliphatic rings. The number of aliphatic imine (C=N–C) groups is 1. The van der Waals surface area contributed by atoms with Crippen LogP contribution in [0.1, 0.15) is 5.56 Å². The van der Waals surface area contributed by atoms with E-state index in [4.69, 9.17) is 14.2 Å². The number of aromatic nitrogens is 1. The van der Waals surface area contributed by atoms with E-state index < -0.39 is 0 Å². The van der Waals surface area contributed by atoms with E-state index in [1.54, 1.807) is 20.4 Å². The number of benzene rings is 1. The zero-order valence-electron chi connectivity index (χ0n) is 14.8. The van der Waals surface area contributed by atoms with E-state index in [1.165, 1.54) is 0 Å². The number of ether oxygens (including phenoxy) is 3. The van der Waals surface area contributed by atoms with E-state index in [9.17, 15) is 0 Å². The van der Waals surface area contributed by atoms with Crippen molar-refractivity contribution in [1.82, 2.24) is 15.6 Å². The number of para-hydroxylation sites is 2.